The second-order valence-corrected chi connectivity index (χ2v) is 5.41. The molecule has 1 amide bonds. The molecule has 23 heavy (non-hydrogen) atoms. The highest BCUT2D eigenvalue weighted by atomic mass is 16.5. The van der Waals surface area contributed by atoms with E-state index < -0.39 is 0 Å². The van der Waals surface area contributed by atoms with Crippen LogP contribution in [-0.4, -0.2) is 25.0 Å². The van der Waals surface area contributed by atoms with Crippen molar-refractivity contribution in [3.05, 3.63) is 58.7 Å². The van der Waals surface area contributed by atoms with E-state index in [1.54, 1.807) is 43.3 Å². The third-order valence-electron chi connectivity index (χ3n) is 3.87. The number of nitrogens with zero attached hydrogens (tertiary/aromatic N) is 2. The second-order valence-electron chi connectivity index (χ2n) is 5.41. The number of nitriles is 1. The van der Waals surface area contributed by atoms with Gasteiger partial charge in [-0.05, 0) is 35.9 Å². The summed E-state index contributed by atoms with van der Waals surface area (Å²) in [6, 6.07) is 12.8. The molecule has 1 heterocycles. The molecule has 0 saturated heterocycles. The molecule has 0 fully saturated rings. The first-order valence-corrected chi connectivity index (χ1v) is 7.20. The van der Waals surface area contributed by atoms with Crippen LogP contribution in [0.15, 0.2) is 36.4 Å². The van der Waals surface area contributed by atoms with Crippen molar-refractivity contribution in [2.24, 2.45) is 0 Å². The number of hydrogen-bond donors (Lipinski definition) is 0. The predicted octanol–water partition coefficient (Wildman–Crippen LogP) is 2.73. The van der Waals surface area contributed by atoms with Crippen molar-refractivity contribution >= 4 is 5.91 Å². The molecule has 2 aromatic carbocycles. The summed E-state index contributed by atoms with van der Waals surface area (Å²) >= 11 is 0. The van der Waals surface area contributed by atoms with E-state index in [0.29, 0.717) is 30.2 Å². The summed E-state index contributed by atoms with van der Waals surface area (Å²) in [6.45, 7) is 0.934. The molecule has 1 aliphatic heterocycles. The first-order valence-electron chi connectivity index (χ1n) is 7.20. The lowest BCUT2D eigenvalue weighted by atomic mass is 10.1. The van der Waals surface area contributed by atoms with Gasteiger partial charge in [-0.25, -0.2) is 0 Å². The summed E-state index contributed by atoms with van der Waals surface area (Å²) in [4.78, 5) is 13.6. The number of rotatable bonds is 4. The van der Waals surface area contributed by atoms with Gasteiger partial charge in [0.1, 0.15) is 18.1 Å². The zero-order valence-electron chi connectivity index (χ0n) is 13.0. The van der Waals surface area contributed by atoms with Crippen LogP contribution in [0.25, 0.3) is 0 Å². The predicted molar refractivity (Wildman–Crippen MR) is 84.3 cm³/mol. The van der Waals surface area contributed by atoms with Crippen LogP contribution in [0.1, 0.15) is 27.0 Å². The standard InChI is InChI=1S/C18H16N2O3/c1-20-10-14-8-15(5-6-16(14)18(20)21)23-11-13-4-3-12(9-19)7-17(13)22-2/h3-8H,10-11H2,1-2H3. The van der Waals surface area contributed by atoms with E-state index in [9.17, 15) is 4.79 Å². The molecule has 0 radical (unpaired) electrons. The van der Waals surface area contributed by atoms with Crippen molar-refractivity contribution in [3.8, 4) is 17.6 Å². The number of carbonyl (C=O) groups excluding carboxylic acids is 1. The molecular formula is C18H16N2O3. The zero-order chi connectivity index (χ0) is 16.4. The van der Waals surface area contributed by atoms with Gasteiger partial charge < -0.3 is 14.4 Å². The molecule has 0 aromatic heterocycles. The van der Waals surface area contributed by atoms with Gasteiger partial charge >= 0.3 is 0 Å². The molecule has 0 N–H and O–H groups in total. The van der Waals surface area contributed by atoms with Gasteiger partial charge in [0.25, 0.3) is 5.91 Å². The van der Waals surface area contributed by atoms with Crippen LogP contribution in [0.5, 0.6) is 11.5 Å². The van der Waals surface area contributed by atoms with Crippen LogP contribution in [0.4, 0.5) is 0 Å². The van der Waals surface area contributed by atoms with E-state index >= 15 is 0 Å². The molecule has 2 aromatic rings. The van der Waals surface area contributed by atoms with Crippen LogP contribution in [0, 0.1) is 11.3 Å². The second kappa shape index (κ2) is 6.01. The summed E-state index contributed by atoms with van der Waals surface area (Å²) in [5.41, 5.74) is 3.11. The Morgan fingerprint density at radius 1 is 1.26 bits per heavy atom. The summed E-state index contributed by atoms with van der Waals surface area (Å²) < 4.78 is 11.1. The Kier molecular flexibility index (Phi) is 3.90. The quantitative estimate of drug-likeness (QED) is 0.871. The summed E-state index contributed by atoms with van der Waals surface area (Å²) in [7, 11) is 3.35. The number of hydrogen-bond acceptors (Lipinski definition) is 4. The Bertz CT molecular complexity index is 808. The van der Waals surface area contributed by atoms with Gasteiger partial charge in [0.2, 0.25) is 0 Å². The van der Waals surface area contributed by atoms with Crippen molar-refractivity contribution in [2.45, 2.75) is 13.2 Å². The van der Waals surface area contributed by atoms with Crippen molar-refractivity contribution < 1.29 is 14.3 Å². The lowest BCUT2D eigenvalue weighted by Gasteiger charge is -2.11. The monoisotopic (exact) mass is 308 g/mol. The fourth-order valence-corrected chi connectivity index (χ4v) is 2.63. The average Bonchev–Trinajstić information content (AvgIpc) is 2.86. The van der Waals surface area contributed by atoms with Crippen LogP contribution in [0.2, 0.25) is 0 Å². The summed E-state index contributed by atoms with van der Waals surface area (Å²) in [5, 5.41) is 8.92. The molecule has 116 valence electrons. The minimum absolute atomic E-state index is 0.0420. The molecule has 0 spiro atoms. The zero-order valence-corrected chi connectivity index (χ0v) is 13.0. The molecule has 0 atom stereocenters. The maximum absolute atomic E-state index is 11.9. The Morgan fingerprint density at radius 2 is 2.09 bits per heavy atom. The molecular weight excluding hydrogens is 292 g/mol. The van der Waals surface area contributed by atoms with Crippen LogP contribution >= 0.6 is 0 Å². The molecule has 3 rings (SSSR count). The van der Waals surface area contributed by atoms with E-state index in [0.717, 1.165) is 16.7 Å². The Hall–Kier alpha value is -3.00. The molecule has 0 bridgehead atoms. The van der Waals surface area contributed by atoms with E-state index in [4.69, 9.17) is 14.7 Å². The minimum Gasteiger partial charge on any atom is -0.496 e. The van der Waals surface area contributed by atoms with E-state index in [-0.39, 0.29) is 5.91 Å². The van der Waals surface area contributed by atoms with Gasteiger partial charge in [-0.3, -0.25) is 4.79 Å². The summed E-state index contributed by atoms with van der Waals surface area (Å²) in [5.74, 6) is 1.37. The maximum atomic E-state index is 11.9. The van der Waals surface area contributed by atoms with E-state index in [1.807, 2.05) is 12.1 Å². The SMILES string of the molecule is COc1cc(C#N)ccc1COc1ccc2c(c1)CN(C)C2=O. The molecule has 5 heteroatoms. The molecule has 0 aliphatic carbocycles. The number of carbonyl (C=O) groups is 1. The third-order valence-corrected chi connectivity index (χ3v) is 3.87. The van der Waals surface area contributed by atoms with Crippen LogP contribution in [-0.2, 0) is 13.2 Å². The lowest BCUT2D eigenvalue weighted by Crippen LogP contribution is -2.17. The Morgan fingerprint density at radius 3 is 2.83 bits per heavy atom. The number of methoxy groups -OCH3 is 1. The highest BCUT2D eigenvalue weighted by Crippen LogP contribution is 2.27. The highest BCUT2D eigenvalue weighted by Gasteiger charge is 2.24. The Labute approximate surface area is 134 Å². The minimum atomic E-state index is 0.0420. The molecule has 5 nitrogen and oxygen atoms in total. The number of fused-ring (bicyclic) bond motifs is 1. The van der Waals surface area contributed by atoms with Crippen molar-refractivity contribution in [1.29, 1.82) is 5.26 Å². The van der Waals surface area contributed by atoms with Gasteiger partial charge in [0, 0.05) is 24.7 Å². The van der Waals surface area contributed by atoms with Crippen molar-refractivity contribution in [1.82, 2.24) is 4.90 Å². The topological polar surface area (TPSA) is 62.6 Å². The van der Waals surface area contributed by atoms with Crippen molar-refractivity contribution in [3.63, 3.8) is 0 Å². The highest BCUT2D eigenvalue weighted by molar-refractivity contribution is 5.98. The third kappa shape index (κ3) is 2.84. The first kappa shape index (κ1) is 14.9. The van der Waals surface area contributed by atoms with E-state index in [1.165, 1.54) is 0 Å². The Balaban J connectivity index is 1.76. The normalized spacial score (nSPS) is 12.7. The summed E-state index contributed by atoms with van der Waals surface area (Å²) in [6.07, 6.45) is 0. The molecule has 1 aliphatic rings. The smallest absolute Gasteiger partial charge is 0.254 e. The van der Waals surface area contributed by atoms with Gasteiger partial charge in [-0.2, -0.15) is 5.26 Å². The molecule has 0 unspecified atom stereocenters. The lowest BCUT2D eigenvalue weighted by molar-refractivity contribution is 0.0816. The largest absolute Gasteiger partial charge is 0.496 e. The van der Waals surface area contributed by atoms with Gasteiger partial charge in [0.05, 0.1) is 18.7 Å². The van der Waals surface area contributed by atoms with Gasteiger partial charge in [-0.15, -0.1) is 0 Å². The van der Waals surface area contributed by atoms with Gasteiger partial charge in [0.15, 0.2) is 0 Å². The van der Waals surface area contributed by atoms with Crippen molar-refractivity contribution in [2.75, 3.05) is 14.2 Å². The first-order chi connectivity index (χ1) is 11.1. The van der Waals surface area contributed by atoms with E-state index in [2.05, 4.69) is 6.07 Å². The number of amides is 1. The number of ether oxygens (including phenoxy) is 2. The maximum Gasteiger partial charge on any atom is 0.254 e. The van der Waals surface area contributed by atoms with Crippen LogP contribution in [0.3, 0.4) is 0 Å². The molecule has 0 saturated carbocycles. The number of benzene rings is 2. The fraction of sp³-hybridized carbons (Fsp3) is 0.222. The van der Waals surface area contributed by atoms with Crippen LogP contribution < -0.4 is 9.47 Å². The fourth-order valence-electron chi connectivity index (χ4n) is 2.63. The average molecular weight is 308 g/mol. The van der Waals surface area contributed by atoms with Gasteiger partial charge in [-0.1, -0.05) is 6.07 Å².